The molecule has 5 nitrogen and oxygen atoms in total. The van der Waals surface area contributed by atoms with E-state index in [0.717, 1.165) is 23.4 Å². The van der Waals surface area contributed by atoms with Crippen LogP contribution in [0.2, 0.25) is 0 Å². The van der Waals surface area contributed by atoms with Gasteiger partial charge in [0.25, 0.3) is 0 Å². The van der Waals surface area contributed by atoms with Gasteiger partial charge in [-0.25, -0.2) is 4.98 Å². The first-order valence-corrected chi connectivity index (χ1v) is 7.71. The van der Waals surface area contributed by atoms with Crippen LogP contribution in [0.25, 0.3) is 0 Å². The number of hydrogen-bond donors (Lipinski definition) is 3. The number of aliphatic hydroxyl groups excluding tert-OH is 1. The van der Waals surface area contributed by atoms with Gasteiger partial charge in [-0.2, -0.15) is 0 Å². The monoisotopic (exact) mass is 291 g/mol. The maximum atomic E-state index is 11.4. The zero-order valence-electron chi connectivity index (χ0n) is 11.0. The van der Waals surface area contributed by atoms with Crippen molar-refractivity contribution in [3.05, 3.63) is 30.0 Å². The van der Waals surface area contributed by atoms with Crippen molar-refractivity contribution in [1.29, 1.82) is 0 Å². The Morgan fingerprint density at radius 3 is 3.10 bits per heavy atom. The molecule has 0 aromatic carbocycles. The zero-order valence-corrected chi connectivity index (χ0v) is 11.8. The predicted octanol–water partition coefficient (Wildman–Crippen LogP) is 1.29. The summed E-state index contributed by atoms with van der Waals surface area (Å²) in [5.74, 6) is 1.13. The molecule has 20 heavy (non-hydrogen) atoms. The van der Waals surface area contributed by atoms with Crippen molar-refractivity contribution >= 4 is 23.5 Å². The van der Waals surface area contributed by atoms with Gasteiger partial charge in [0.2, 0.25) is 5.91 Å². The van der Waals surface area contributed by atoms with Crippen LogP contribution >= 0.6 is 11.8 Å². The Labute approximate surface area is 121 Å². The van der Waals surface area contributed by atoms with E-state index < -0.39 is 0 Å². The number of aromatic nitrogens is 1. The minimum atomic E-state index is -0.304. The molecule has 2 aliphatic rings. The third kappa shape index (κ3) is 3.20. The number of anilines is 1. The molecule has 106 valence electrons. The number of nitrogens with one attached hydrogen (secondary N) is 2. The number of thioether (sulfide) groups is 1. The SMILES string of the molecule is O=C1CSc2ccc(CN[C@H]3C=C[C@@H](O)CC3)nc2N1. The van der Waals surface area contributed by atoms with Crippen LogP contribution in [0.4, 0.5) is 5.82 Å². The van der Waals surface area contributed by atoms with E-state index in [1.165, 1.54) is 11.8 Å². The minimum absolute atomic E-state index is 0.00399. The Bertz CT molecular complexity index is 547. The Hall–Kier alpha value is -1.37. The molecular formula is C14H17N3O2S. The number of carbonyl (C=O) groups excluding carboxylic acids is 1. The fraction of sp³-hybridized carbons (Fsp3) is 0.429. The molecule has 0 saturated carbocycles. The van der Waals surface area contributed by atoms with Gasteiger partial charge in [-0.15, -0.1) is 11.8 Å². The molecule has 0 bridgehead atoms. The number of fused-ring (bicyclic) bond motifs is 1. The molecule has 6 heteroatoms. The fourth-order valence-electron chi connectivity index (χ4n) is 2.31. The van der Waals surface area contributed by atoms with Gasteiger partial charge in [0, 0.05) is 12.6 Å². The number of pyridine rings is 1. The molecule has 0 radical (unpaired) electrons. The summed E-state index contributed by atoms with van der Waals surface area (Å²) in [5.41, 5.74) is 0.908. The average molecular weight is 291 g/mol. The van der Waals surface area contributed by atoms with E-state index in [9.17, 15) is 9.90 Å². The van der Waals surface area contributed by atoms with E-state index in [2.05, 4.69) is 15.6 Å². The lowest BCUT2D eigenvalue weighted by molar-refractivity contribution is -0.113. The van der Waals surface area contributed by atoms with Gasteiger partial charge < -0.3 is 15.7 Å². The lowest BCUT2D eigenvalue weighted by Gasteiger charge is -2.21. The van der Waals surface area contributed by atoms with Crippen molar-refractivity contribution in [2.45, 2.75) is 36.4 Å². The topological polar surface area (TPSA) is 74.2 Å². The highest BCUT2D eigenvalue weighted by Crippen LogP contribution is 2.29. The van der Waals surface area contributed by atoms with E-state index in [1.54, 1.807) is 0 Å². The molecule has 0 spiro atoms. The van der Waals surface area contributed by atoms with Gasteiger partial charge in [0.1, 0.15) is 5.82 Å². The van der Waals surface area contributed by atoms with Crippen LogP contribution in [-0.4, -0.2) is 33.9 Å². The van der Waals surface area contributed by atoms with Crippen LogP contribution in [0.1, 0.15) is 18.5 Å². The summed E-state index contributed by atoms with van der Waals surface area (Å²) in [5, 5.41) is 15.6. The second kappa shape index (κ2) is 5.95. The van der Waals surface area contributed by atoms with Crippen LogP contribution in [0.3, 0.4) is 0 Å². The van der Waals surface area contributed by atoms with E-state index in [1.807, 2.05) is 24.3 Å². The maximum absolute atomic E-state index is 11.4. The molecule has 0 unspecified atom stereocenters. The highest BCUT2D eigenvalue weighted by Gasteiger charge is 2.17. The quantitative estimate of drug-likeness (QED) is 0.732. The number of amides is 1. The average Bonchev–Trinajstić information content (AvgIpc) is 2.46. The Morgan fingerprint density at radius 2 is 2.30 bits per heavy atom. The van der Waals surface area contributed by atoms with Crippen molar-refractivity contribution in [2.24, 2.45) is 0 Å². The predicted molar refractivity (Wildman–Crippen MR) is 78.6 cm³/mol. The molecule has 1 aliphatic carbocycles. The normalized spacial score (nSPS) is 25.1. The summed E-state index contributed by atoms with van der Waals surface area (Å²) in [6.45, 7) is 0.652. The number of rotatable bonds is 3. The highest BCUT2D eigenvalue weighted by molar-refractivity contribution is 8.00. The minimum Gasteiger partial charge on any atom is -0.389 e. The first kappa shape index (κ1) is 13.6. The van der Waals surface area contributed by atoms with Crippen molar-refractivity contribution in [3.8, 4) is 0 Å². The van der Waals surface area contributed by atoms with E-state index in [-0.39, 0.29) is 18.1 Å². The van der Waals surface area contributed by atoms with Crippen molar-refractivity contribution in [2.75, 3.05) is 11.1 Å². The van der Waals surface area contributed by atoms with Gasteiger partial charge in [0.15, 0.2) is 0 Å². The van der Waals surface area contributed by atoms with Gasteiger partial charge in [-0.1, -0.05) is 12.2 Å². The van der Waals surface area contributed by atoms with Gasteiger partial charge in [0.05, 0.1) is 22.4 Å². The third-order valence-corrected chi connectivity index (χ3v) is 4.46. The lowest BCUT2D eigenvalue weighted by atomic mass is 10.0. The molecule has 1 aliphatic heterocycles. The van der Waals surface area contributed by atoms with Gasteiger partial charge in [-0.3, -0.25) is 4.79 Å². The molecule has 3 N–H and O–H groups in total. The highest BCUT2D eigenvalue weighted by atomic mass is 32.2. The number of nitrogens with zero attached hydrogens (tertiary/aromatic N) is 1. The van der Waals surface area contributed by atoms with E-state index in [0.29, 0.717) is 18.1 Å². The number of hydrogen-bond acceptors (Lipinski definition) is 5. The summed E-state index contributed by atoms with van der Waals surface area (Å²) < 4.78 is 0. The summed E-state index contributed by atoms with van der Waals surface area (Å²) >= 11 is 1.52. The first-order valence-electron chi connectivity index (χ1n) is 6.73. The first-order chi connectivity index (χ1) is 9.70. The lowest BCUT2D eigenvalue weighted by Crippen LogP contribution is -2.31. The molecule has 1 aromatic heterocycles. The second-order valence-corrected chi connectivity index (χ2v) is 6.02. The van der Waals surface area contributed by atoms with Crippen molar-refractivity contribution in [1.82, 2.24) is 10.3 Å². The summed E-state index contributed by atoms with van der Waals surface area (Å²) in [6.07, 6.45) is 5.25. The molecule has 3 rings (SSSR count). The van der Waals surface area contributed by atoms with E-state index >= 15 is 0 Å². The van der Waals surface area contributed by atoms with Crippen molar-refractivity contribution in [3.63, 3.8) is 0 Å². The molecule has 0 fully saturated rings. The molecule has 1 amide bonds. The van der Waals surface area contributed by atoms with Crippen LogP contribution in [0, 0.1) is 0 Å². The molecule has 2 heterocycles. The zero-order chi connectivity index (χ0) is 13.9. The van der Waals surface area contributed by atoms with E-state index in [4.69, 9.17) is 0 Å². The summed E-state index contributed by atoms with van der Waals surface area (Å²) in [6, 6.07) is 4.27. The maximum Gasteiger partial charge on any atom is 0.235 e. The van der Waals surface area contributed by atoms with Crippen LogP contribution in [0.15, 0.2) is 29.2 Å². The smallest absolute Gasteiger partial charge is 0.235 e. The largest absolute Gasteiger partial charge is 0.389 e. The number of carbonyl (C=O) groups is 1. The third-order valence-electron chi connectivity index (χ3n) is 3.42. The van der Waals surface area contributed by atoms with Gasteiger partial charge in [-0.05, 0) is 25.0 Å². The summed E-state index contributed by atoms with van der Waals surface area (Å²) in [7, 11) is 0. The summed E-state index contributed by atoms with van der Waals surface area (Å²) in [4.78, 5) is 16.8. The van der Waals surface area contributed by atoms with Crippen LogP contribution in [-0.2, 0) is 11.3 Å². The van der Waals surface area contributed by atoms with Crippen molar-refractivity contribution < 1.29 is 9.90 Å². The molecular weight excluding hydrogens is 274 g/mol. The fourth-order valence-corrected chi connectivity index (χ4v) is 3.07. The van der Waals surface area contributed by atoms with Gasteiger partial charge >= 0.3 is 0 Å². The van der Waals surface area contributed by atoms with Crippen LogP contribution in [0.5, 0.6) is 0 Å². The standard InChI is InChI=1S/C14H17N3O2S/c18-11-4-1-9(2-5-11)15-7-10-3-6-12-14(16-10)17-13(19)8-20-12/h1,3-4,6,9,11,15,18H,2,5,7-8H2,(H,16,17,19)/t9-,11+/m0/s1. The van der Waals surface area contributed by atoms with Crippen LogP contribution < -0.4 is 10.6 Å². The Morgan fingerprint density at radius 1 is 1.40 bits per heavy atom. The second-order valence-electron chi connectivity index (χ2n) is 5.00. The Kier molecular flexibility index (Phi) is 4.05. The number of aliphatic hydroxyl groups is 1. The Balaban J connectivity index is 1.62. The molecule has 0 saturated heterocycles. The molecule has 1 aromatic rings. The molecule has 2 atom stereocenters.